The molecule has 0 radical (unpaired) electrons. The molecule has 0 aliphatic heterocycles. The van der Waals surface area contributed by atoms with Crippen molar-refractivity contribution in [2.45, 2.75) is 32.1 Å². The average Bonchev–Trinajstić information content (AvgIpc) is 3.36. The Kier molecular flexibility index (Phi) is 5.61. The lowest BCUT2D eigenvalue weighted by molar-refractivity contribution is -0.132. The van der Waals surface area contributed by atoms with Gasteiger partial charge in [-0.25, -0.2) is 0 Å². The summed E-state index contributed by atoms with van der Waals surface area (Å²) in [5.41, 5.74) is 6.45. The van der Waals surface area contributed by atoms with Crippen LogP contribution in [-0.4, -0.2) is 24.9 Å². The van der Waals surface area contributed by atoms with Gasteiger partial charge < -0.3 is 16.4 Å². The van der Waals surface area contributed by atoms with Gasteiger partial charge >= 0.3 is 0 Å². The summed E-state index contributed by atoms with van der Waals surface area (Å²) in [4.78, 5) is 26.2. The smallest absolute Gasteiger partial charge is 0.228 e. The normalized spacial score (nSPS) is 28.5. The number of carbonyl (C=O) groups excluding carboxylic acids is 2. The van der Waals surface area contributed by atoms with Gasteiger partial charge in [-0.3, -0.25) is 9.59 Å². The maximum absolute atomic E-state index is 13.2. The van der Waals surface area contributed by atoms with Crippen LogP contribution in [0, 0.1) is 29.1 Å². The summed E-state index contributed by atoms with van der Waals surface area (Å²) in [5.74, 6) is -0.170. The number of amides is 2. The van der Waals surface area contributed by atoms with E-state index < -0.39 is 0 Å². The minimum atomic E-state index is -0.287. The molecule has 1 spiro atoms. The summed E-state index contributed by atoms with van der Waals surface area (Å²) in [6.07, 6.45) is 9.56. The molecule has 28 heavy (non-hydrogen) atoms. The van der Waals surface area contributed by atoms with E-state index in [0.717, 1.165) is 42.3 Å². The molecule has 2 amide bonds. The van der Waals surface area contributed by atoms with Crippen LogP contribution < -0.4 is 16.4 Å². The third-order valence-electron chi connectivity index (χ3n) is 6.74. The van der Waals surface area contributed by atoms with Crippen LogP contribution in [0.1, 0.15) is 32.1 Å². The van der Waals surface area contributed by atoms with Gasteiger partial charge in [-0.05, 0) is 73.7 Å². The molecule has 0 heterocycles. The molecular weight excluding hydrogens is 418 g/mol. The maximum atomic E-state index is 13.2. The Bertz CT molecular complexity index is 772. The van der Waals surface area contributed by atoms with Crippen molar-refractivity contribution in [3.05, 3.63) is 40.9 Å². The van der Waals surface area contributed by atoms with Gasteiger partial charge in [0.1, 0.15) is 0 Å². The van der Waals surface area contributed by atoms with E-state index in [4.69, 9.17) is 5.73 Å². The molecule has 4 unspecified atom stereocenters. The monoisotopic (exact) mass is 445 g/mol. The summed E-state index contributed by atoms with van der Waals surface area (Å²) < 4.78 is 0.970. The van der Waals surface area contributed by atoms with Crippen LogP contribution in [0.2, 0.25) is 0 Å². The number of nitrogens with two attached hydrogens (primary N) is 1. The molecule has 0 saturated heterocycles. The molecule has 4 atom stereocenters. The lowest BCUT2D eigenvalue weighted by Gasteiger charge is -2.26. The number of hydrogen-bond donors (Lipinski definition) is 3. The highest BCUT2D eigenvalue weighted by Crippen LogP contribution is 2.72. The van der Waals surface area contributed by atoms with Crippen LogP contribution in [-0.2, 0) is 9.59 Å². The minimum Gasteiger partial charge on any atom is -0.356 e. The fourth-order valence-corrected chi connectivity index (χ4v) is 5.51. The molecule has 1 aromatic rings. The molecule has 2 saturated carbocycles. The number of unbranched alkanes of at least 4 members (excludes halogenated alkanes) is 2. The highest BCUT2D eigenvalue weighted by molar-refractivity contribution is 9.10. The molecule has 0 aromatic heterocycles. The number of allylic oxidation sites excluding steroid dienone is 2. The van der Waals surface area contributed by atoms with E-state index in [-0.39, 0.29) is 40.9 Å². The molecule has 6 heteroatoms. The molecule has 5 nitrogen and oxygen atoms in total. The van der Waals surface area contributed by atoms with Crippen LogP contribution in [0.3, 0.4) is 0 Å². The Morgan fingerprint density at radius 2 is 1.64 bits per heavy atom. The van der Waals surface area contributed by atoms with Crippen LogP contribution in [0.4, 0.5) is 5.69 Å². The zero-order valence-electron chi connectivity index (χ0n) is 16.0. The molecule has 4 rings (SSSR count). The Labute approximate surface area is 174 Å². The summed E-state index contributed by atoms with van der Waals surface area (Å²) in [7, 11) is 0. The van der Waals surface area contributed by atoms with Crippen LogP contribution in [0.5, 0.6) is 0 Å². The van der Waals surface area contributed by atoms with Crippen LogP contribution >= 0.6 is 15.9 Å². The minimum absolute atomic E-state index is 0.0336. The van der Waals surface area contributed by atoms with Crippen molar-refractivity contribution in [3.8, 4) is 0 Å². The quantitative estimate of drug-likeness (QED) is 0.423. The Balaban J connectivity index is 1.46. The first-order valence-electron chi connectivity index (χ1n) is 10.3. The first-order valence-corrected chi connectivity index (χ1v) is 11.1. The molecule has 150 valence electrons. The summed E-state index contributed by atoms with van der Waals surface area (Å²) in [6.45, 7) is 1.34. The van der Waals surface area contributed by atoms with Crippen molar-refractivity contribution in [2.75, 3.05) is 18.4 Å². The number of benzene rings is 1. The van der Waals surface area contributed by atoms with Gasteiger partial charge in [0.25, 0.3) is 0 Å². The number of halogens is 1. The predicted molar refractivity (Wildman–Crippen MR) is 113 cm³/mol. The fraction of sp³-hybridized carbons (Fsp3) is 0.545. The molecular formula is C22H28BrN3O2. The molecule has 2 bridgehead atoms. The Morgan fingerprint density at radius 3 is 2.25 bits per heavy atom. The number of carbonyl (C=O) groups is 2. The van der Waals surface area contributed by atoms with Gasteiger partial charge in [-0.1, -0.05) is 34.5 Å². The molecule has 3 aliphatic rings. The topological polar surface area (TPSA) is 84.2 Å². The Hall–Kier alpha value is -1.66. The molecule has 1 aromatic carbocycles. The summed E-state index contributed by atoms with van der Waals surface area (Å²) >= 11 is 3.41. The number of hydrogen-bond acceptors (Lipinski definition) is 3. The van der Waals surface area contributed by atoms with Crippen molar-refractivity contribution < 1.29 is 9.59 Å². The summed E-state index contributed by atoms with van der Waals surface area (Å²) in [6, 6.07) is 7.57. The standard InChI is InChI=1S/C22H28BrN3O2/c23-14-4-6-15(7-5-14)26-21(28)19-17-9-8-16(22(17)10-11-22)18(19)20(27)25-13-3-1-2-12-24/h4-9,16-19H,1-3,10-13,24H2,(H,25,27)(H,26,28). The second-order valence-corrected chi connectivity index (χ2v) is 9.27. The Morgan fingerprint density at radius 1 is 1.00 bits per heavy atom. The van der Waals surface area contributed by atoms with Gasteiger partial charge in [0.15, 0.2) is 0 Å². The molecule has 4 N–H and O–H groups in total. The third-order valence-corrected chi connectivity index (χ3v) is 7.27. The van der Waals surface area contributed by atoms with Gasteiger partial charge in [0.05, 0.1) is 11.8 Å². The molecule has 3 aliphatic carbocycles. The van der Waals surface area contributed by atoms with E-state index in [1.165, 1.54) is 0 Å². The van der Waals surface area contributed by atoms with Crippen molar-refractivity contribution >= 4 is 33.4 Å². The summed E-state index contributed by atoms with van der Waals surface area (Å²) in [5, 5.41) is 6.13. The predicted octanol–water partition coefficient (Wildman–Crippen LogP) is 3.46. The second-order valence-electron chi connectivity index (χ2n) is 8.36. The van der Waals surface area contributed by atoms with E-state index in [1.807, 2.05) is 24.3 Å². The highest BCUT2D eigenvalue weighted by atomic mass is 79.9. The van der Waals surface area contributed by atoms with Gasteiger partial charge in [0.2, 0.25) is 11.8 Å². The van der Waals surface area contributed by atoms with E-state index in [1.54, 1.807) is 0 Å². The SMILES string of the molecule is NCCCCCNC(=O)C1C(C(=O)Nc2ccc(Br)cc2)C2C=CC1C21CC1. The van der Waals surface area contributed by atoms with E-state index in [0.29, 0.717) is 13.1 Å². The lowest BCUT2D eigenvalue weighted by Crippen LogP contribution is -2.42. The third kappa shape index (κ3) is 3.52. The number of nitrogens with one attached hydrogen (secondary N) is 2. The highest BCUT2D eigenvalue weighted by Gasteiger charge is 2.69. The van der Waals surface area contributed by atoms with Gasteiger partial charge in [-0.2, -0.15) is 0 Å². The van der Waals surface area contributed by atoms with E-state index in [2.05, 4.69) is 38.7 Å². The van der Waals surface area contributed by atoms with Crippen molar-refractivity contribution in [3.63, 3.8) is 0 Å². The van der Waals surface area contributed by atoms with E-state index >= 15 is 0 Å². The fourth-order valence-electron chi connectivity index (χ4n) is 5.24. The van der Waals surface area contributed by atoms with Crippen molar-refractivity contribution in [1.29, 1.82) is 0 Å². The average molecular weight is 446 g/mol. The largest absolute Gasteiger partial charge is 0.356 e. The first kappa shape index (κ1) is 19.6. The maximum Gasteiger partial charge on any atom is 0.228 e. The second kappa shape index (κ2) is 7.99. The van der Waals surface area contributed by atoms with Crippen molar-refractivity contribution in [2.24, 2.45) is 34.8 Å². The lowest BCUT2D eigenvalue weighted by atomic mass is 9.81. The molecule has 2 fully saturated rings. The zero-order chi connectivity index (χ0) is 19.7. The number of anilines is 1. The van der Waals surface area contributed by atoms with Crippen molar-refractivity contribution in [1.82, 2.24) is 5.32 Å². The van der Waals surface area contributed by atoms with Crippen LogP contribution in [0.25, 0.3) is 0 Å². The number of rotatable bonds is 8. The van der Waals surface area contributed by atoms with Gasteiger partial charge in [-0.15, -0.1) is 0 Å². The zero-order valence-corrected chi connectivity index (χ0v) is 17.6. The van der Waals surface area contributed by atoms with Gasteiger partial charge in [0, 0.05) is 16.7 Å². The first-order chi connectivity index (χ1) is 13.6. The van der Waals surface area contributed by atoms with Crippen LogP contribution in [0.15, 0.2) is 40.9 Å². The van der Waals surface area contributed by atoms with E-state index in [9.17, 15) is 9.59 Å².